The molecule has 0 aliphatic rings. The summed E-state index contributed by atoms with van der Waals surface area (Å²) in [6.07, 6.45) is 1.62. The summed E-state index contributed by atoms with van der Waals surface area (Å²) in [6.45, 7) is 4.07. The fourth-order valence-electron chi connectivity index (χ4n) is 2.39. The van der Waals surface area contributed by atoms with E-state index in [4.69, 9.17) is 21.8 Å². The molecule has 3 aromatic rings. The number of aromatic nitrogens is 2. The summed E-state index contributed by atoms with van der Waals surface area (Å²) >= 11 is 9.73. The monoisotopic (exact) mass is 367 g/mol. The second-order valence-corrected chi connectivity index (χ2v) is 6.46. The fourth-order valence-corrected chi connectivity index (χ4v) is 3.10. The van der Waals surface area contributed by atoms with Crippen LogP contribution in [-0.4, -0.2) is 9.78 Å². The molecule has 2 heterocycles. The molecule has 0 aliphatic heterocycles. The van der Waals surface area contributed by atoms with Crippen LogP contribution < -0.4 is 5.73 Å². The molecule has 1 aromatic carbocycles. The number of para-hydroxylation sites is 1. The third-order valence-corrected chi connectivity index (χ3v) is 4.31. The summed E-state index contributed by atoms with van der Waals surface area (Å²) in [7, 11) is 0. The molecule has 1 unspecified atom stereocenters. The van der Waals surface area contributed by atoms with E-state index in [0.29, 0.717) is 10.8 Å². The number of hydrogen-bond acceptors (Lipinski definition) is 3. The molecule has 6 heteroatoms. The van der Waals surface area contributed by atoms with Crippen molar-refractivity contribution in [2.75, 3.05) is 0 Å². The van der Waals surface area contributed by atoms with Gasteiger partial charge in [0.25, 0.3) is 0 Å². The van der Waals surface area contributed by atoms with Crippen LogP contribution in [0.3, 0.4) is 0 Å². The second-order valence-electron chi connectivity index (χ2n) is 5.20. The summed E-state index contributed by atoms with van der Waals surface area (Å²) in [5.74, 6) is 0.668. The zero-order valence-electron chi connectivity index (χ0n) is 11.7. The van der Waals surface area contributed by atoms with Crippen molar-refractivity contribution in [2.24, 2.45) is 5.73 Å². The number of benzene rings is 1. The third kappa shape index (κ3) is 2.50. The third-order valence-electron chi connectivity index (χ3n) is 3.39. The fraction of sp³-hybridized carbons (Fsp3) is 0.267. The maximum absolute atomic E-state index is 6.36. The smallest absolute Gasteiger partial charge is 0.148 e. The Balaban J connectivity index is 2.10. The van der Waals surface area contributed by atoms with E-state index in [-0.39, 0.29) is 6.04 Å². The van der Waals surface area contributed by atoms with E-state index in [0.717, 1.165) is 21.1 Å². The first-order valence-electron chi connectivity index (χ1n) is 6.65. The molecule has 21 heavy (non-hydrogen) atoms. The lowest BCUT2D eigenvalue weighted by atomic mass is 10.1. The van der Waals surface area contributed by atoms with Gasteiger partial charge >= 0.3 is 0 Å². The zero-order chi connectivity index (χ0) is 15.1. The van der Waals surface area contributed by atoms with E-state index in [9.17, 15) is 0 Å². The summed E-state index contributed by atoms with van der Waals surface area (Å²) < 4.78 is 8.64. The molecule has 0 saturated carbocycles. The number of halogens is 2. The van der Waals surface area contributed by atoms with Crippen molar-refractivity contribution in [3.8, 4) is 0 Å². The topological polar surface area (TPSA) is 57.0 Å². The molecule has 110 valence electrons. The van der Waals surface area contributed by atoms with Crippen LogP contribution in [0.15, 0.2) is 39.4 Å². The van der Waals surface area contributed by atoms with Gasteiger partial charge < -0.3 is 10.2 Å². The lowest BCUT2D eigenvalue weighted by Crippen LogP contribution is -2.18. The number of rotatable bonds is 3. The highest BCUT2D eigenvalue weighted by molar-refractivity contribution is 9.10. The first-order chi connectivity index (χ1) is 9.99. The molecule has 0 spiro atoms. The van der Waals surface area contributed by atoms with Crippen LogP contribution in [0.4, 0.5) is 0 Å². The molecule has 1 atom stereocenters. The van der Waals surface area contributed by atoms with Gasteiger partial charge in [-0.3, -0.25) is 4.68 Å². The van der Waals surface area contributed by atoms with E-state index < -0.39 is 6.04 Å². The molecule has 0 aliphatic carbocycles. The van der Waals surface area contributed by atoms with Crippen LogP contribution >= 0.6 is 27.5 Å². The van der Waals surface area contributed by atoms with Crippen LogP contribution in [0.1, 0.15) is 37.4 Å². The number of hydrogen-bond donors (Lipinski definition) is 1. The Morgan fingerprint density at radius 1 is 1.38 bits per heavy atom. The van der Waals surface area contributed by atoms with Crippen LogP contribution in [0.2, 0.25) is 5.02 Å². The molecule has 4 nitrogen and oxygen atoms in total. The van der Waals surface area contributed by atoms with Crippen molar-refractivity contribution in [3.63, 3.8) is 0 Å². The van der Waals surface area contributed by atoms with Gasteiger partial charge in [-0.2, -0.15) is 5.10 Å². The van der Waals surface area contributed by atoms with Gasteiger partial charge in [0, 0.05) is 11.4 Å². The summed E-state index contributed by atoms with van der Waals surface area (Å²) in [6, 6.07) is 7.55. The number of nitrogens with zero attached hydrogens (tertiary/aromatic N) is 2. The van der Waals surface area contributed by atoms with Crippen LogP contribution in [0.5, 0.6) is 0 Å². The predicted octanol–water partition coefficient (Wildman–Crippen LogP) is 4.67. The van der Waals surface area contributed by atoms with Gasteiger partial charge in [-0.15, -0.1) is 0 Å². The highest BCUT2D eigenvalue weighted by Gasteiger charge is 2.23. The molecule has 0 radical (unpaired) electrons. The van der Waals surface area contributed by atoms with Gasteiger partial charge in [0.2, 0.25) is 0 Å². The minimum Gasteiger partial charge on any atom is -0.458 e. The maximum Gasteiger partial charge on any atom is 0.148 e. The predicted molar refractivity (Wildman–Crippen MR) is 87.6 cm³/mol. The van der Waals surface area contributed by atoms with E-state index >= 15 is 0 Å². The Morgan fingerprint density at radius 3 is 2.81 bits per heavy atom. The van der Waals surface area contributed by atoms with E-state index in [1.807, 2.05) is 42.8 Å². The van der Waals surface area contributed by atoms with Gasteiger partial charge in [-0.25, -0.2) is 0 Å². The zero-order valence-corrected chi connectivity index (χ0v) is 14.0. The van der Waals surface area contributed by atoms with Gasteiger partial charge in [0.05, 0.1) is 21.4 Å². The van der Waals surface area contributed by atoms with Crippen LogP contribution in [0, 0.1) is 0 Å². The summed E-state index contributed by atoms with van der Waals surface area (Å²) in [4.78, 5) is 0. The first kappa shape index (κ1) is 14.6. The lowest BCUT2D eigenvalue weighted by molar-refractivity contribution is 0.466. The Morgan fingerprint density at radius 2 is 2.14 bits per heavy atom. The molecular formula is C15H15BrClN3O. The summed E-state index contributed by atoms with van der Waals surface area (Å²) in [5, 5.41) is 5.84. The van der Waals surface area contributed by atoms with Crippen molar-refractivity contribution in [2.45, 2.75) is 25.9 Å². The van der Waals surface area contributed by atoms with Gasteiger partial charge in [0.15, 0.2) is 0 Å². The minimum absolute atomic E-state index is 0.176. The van der Waals surface area contributed by atoms with Crippen molar-refractivity contribution in [1.29, 1.82) is 0 Å². The summed E-state index contributed by atoms with van der Waals surface area (Å²) in [5.41, 5.74) is 7.91. The molecule has 2 N–H and O–H groups in total. The van der Waals surface area contributed by atoms with Crippen molar-refractivity contribution >= 4 is 38.5 Å². The normalized spacial score (nSPS) is 13.2. The molecule has 2 aromatic heterocycles. The largest absolute Gasteiger partial charge is 0.458 e. The van der Waals surface area contributed by atoms with Crippen LogP contribution in [0.25, 0.3) is 11.0 Å². The average Bonchev–Trinajstić information content (AvgIpc) is 3.02. The molecule has 0 bridgehead atoms. The number of nitrogens with two attached hydrogens (primary N) is 1. The second kappa shape index (κ2) is 5.48. The SMILES string of the molecule is CC(C)n1ncc(Cl)c1C(N)c1cc2cccc(Br)c2o1. The van der Waals surface area contributed by atoms with Crippen molar-refractivity contribution < 1.29 is 4.42 Å². The Hall–Kier alpha value is -1.30. The van der Waals surface area contributed by atoms with E-state index in [2.05, 4.69) is 21.0 Å². The number of fused-ring (bicyclic) bond motifs is 1. The Labute approximate surface area is 136 Å². The Kier molecular flexibility index (Phi) is 3.82. The standard InChI is InChI=1S/C15H15BrClN3O/c1-8(2)20-14(11(17)7-19-20)13(18)12-6-9-4-3-5-10(16)15(9)21-12/h3-8,13H,18H2,1-2H3. The minimum atomic E-state index is -0.457. The molecule has 3 rings (SSSR count). The quantitative estimate of drug-likeness (QED) is 0.730. The molecule has 0 fully saturated rings. The lowest BCUT2D eigenvalue weighted by Gasteiger charge is -2.15. The van der Waals surface area contributed by atoms with Gasteiger partial charge in [-0.05, 0) is 41.9 Å². The first-order valence-corrected chi connectivity index (χ1v) is 7.82. The molecule has 0 saturated heterocycles. The molecular weight excluding hydrogens is 354 g/mol. The maximum atomic E-state index is 6.36. The highest BCUT2D eigenvalue weighted by Crippen LogP contribution is 2.34. The molecule has 0 amide bonds. The van der Waals surface area contributed by atoms with Crippen molar-refractivity contribution in [1.82, 2.24) is 9.78 Å². The van der Waals surface area contributed by atoms with E-state index in [1.165, 1.54) is 0 Å². The van der Waals surface area contributed by atoms with Gasteiger partial charge in [-0.1, -0.05) is 23.7 Å². The van der Waals surface area contributed by atoms with Crippen molar-refractivity contribution in [3.05, 3.63) is 51.4 Å². The highest BCUT2D eigenvalue weighted by atomic mass is 79.9. The van der Waals surface area contributed by atoms with Gasteiger partial charge in [0.1, 0.15) is 17.4 Å². The Bertz CT molecular complexity index is 793. The van der Waals surface area contributed by atoms with E-state index in [1.54, 1.807) is 6.20 Å². The number of furan rings is 1. The average molecular weight is 369 g/mol. The van der Waals surface area contributed by atoms with Crippen LogP contribution in [-0.2, 0) is 0 Å².